The van der Waals surface area contributed by atoms with E-state index in [1.54, 1.807) is 0 Å². The molecule has 0 N–H and O–H groups in total. The van der Waals surface area contributed by atoms with Crippen LogP contribution in [0.25, 0.3) is 166 Å². The first-order chi connectivity index (χ1) is 44.4. The van der Waals surface area contributed by atoms with Crippen molar-refractivity contribution in [2.75, 3.05) is 0 Å². The molecule has 0 saturated carbocycles. The Morgan fingerprint density at radius 2 is 0.444 bits per heavy atom. The number of para-hydroxylation sites is 4. The third-order valence-electron chi connectivity index (χ3n) is 18.6. The highest BCUT2D eigenvalue weighted by molar-refractivity contribution is 6.23. The molecule has 2 heteroatoms. The normalized spacial score (nSPS) is 11.7. The van der Waals surface area contributed by atoms with E-state index in [0.717, 1.165) is 0 Å². The van der Waals surface area contributed by atoms with Crippen LogP contribution in [0.4, 0.5) is 0 Å². The van der Waals surface area contributed by atoms with Crippen LogP contribution in [0.5, 0.6) is 0 Å². The fourth-order valence-electron chi connectivity index (χ4n) is 14.2. The molecular formula is C88H60N2. The molecule has 0 unspecified atom stereocenters. The first-order valence-corrected chi connectivity index (χ1v) is 31.2. The monoisotopic (exact) mass is 1140 g/mol. The molecule has 0 aliphatic heterocycles. The van der Waals surface area contributed by atoms with Gasteiger partial charge in [-0.2, -0.15) is 0 Å². The predicted octanol–water partition coefficient (Wildman–Crippen LogP) is 24.1. The van der Waals surface area contributed by atoms with E-state index in [2.05, 4.69) is 351 Å². The summed E-state index contributed by atoms with van der Waals surface area (Å²) in [6, 6.07) is 121. The van der Waals surface area contributed by atoms with E-state index in [-0.39, 0.29) is 0 Å². The maximum absolute atomic E-state index is 2.44. The highest BCUT2D eigenvalue weighted by Gasteiger charge is 2.21. The van der Waals surface area contributed by atoms with Crippen LogP contribution in [0.15, 0.2) is 328 Å². The molecule has 17 rings (SSSR count). The number of hydrogen-bond acceptors (Lipinski definition) is 0. The van der Waals surface area contributed by atoms with E-state index < -0.39 is 0 Å². The molecule has 0 amide bonds. The first-order valence-electron chi connectivity index (χ1n) is 31.2. The third-order valence-corrected chi connectivity index (χ3v) is 18.6. The van der Waals surface area contributed by atoms with Gasteiger partial charge in [0.2, 0.25) is 0 Å². The van der Waals surface area contributed by atoms with Crippen molar-refractivity contribution in [2.45, 2.75) is 13.8 Å². The molecule has 2 heterocycles. The molecule has 2 aromatic heterocycles. The van der Waals surface area contributed by atoms with Crippen molar-refractivity contribution < 1.29 is 0 Å². The second-order valence-electron chi connectivity index (χ2n) is 24.2. The van der Waals surface area contributed by atoms with Crippen LogP contribution in [0.3, 0.4) is 0 Å². The average Bonchev–Trinajstić information content (AvgIpc) is 2.08. The van der Waals surface area contributed by atoms with Gasteiger partial charge in [0.05, 0.1) is 22.1 Å². The molecule has 0 radical (unpaired) electrons. The van der Waals surface area contributed by atoms with Crippen LogP contribution in [0, 0.1) is 13.8 Å². The van der Waals surface area contributed by atoms with E-state index in [1.165, 1.54) is 177 Å². The van der Waals surface area contributed by atoms with Gasteiger partial charge in [-0.3, -0.25) is 0 Å². The summed E-state index contributed by atoms with van der Waals surface area (Å²) in [6.45, 7) is 4.36. The third kappa shape index (κ3) is 9.11. The Labute approximate surface area is 524 Å². The maximum Gasteiger partial charge on any atom is 0.0541 e. The van der Waals surface area contributed by atoms with Crippen molar-refractivity contribution in [2.24, 2.45) is 0 Å². The lowest BCUT2D eigenvalue weighted by atomic mass is 9.83. The molecular weight excluding hydrogens is 1080 g/mol. The molecule has 0 aliphatic rings. The number of hydrogen-bond donors (Lipinski definition) is 0. The van der Waals surface area contributed by atoms with Crippen LogP contribution in [-0.2, 0) is 0 Å². The summed E-state index contributed by atoms with van der Waals surface area (Å²) in [7, 11) is 0. The maximum atomic E-state index is 2.44. The number of nitrogens with zero attached hydrogens (tertiary/aromatic N) is 2. The van der Waals surface area contributed by atoms with E-state index in [0.29, 0.717) is 0 Å². The van der Waals surface area contributed by atoms with Crippen molar-refractivity contribution in [3.8, 4) is 100 Å². The molecule has 0 saturated heterocycles. The second-order valence-corrected chi connectivity index (χ2v) is 24.2. The van der Waals surface area contributed by atoms with Crippen LogP contribution >= 0.6 is 0 Å². The lowest BCUT2D eigenvalue weighted by Gasteiger charge is -2.20. The second kappa shape index (κ2) is 21.7. The molecule has 17 aromatic rings. The zero-order valence-corrected chi connectivity index (χ0v) is 50.1. The van der Waals surface area contributed by atoms with Crippen LogP contribution in [-0.4, -0.2) is 9.13 Å². The summed E-state index contributed by atoms with van der Waals surface area (Å²) < 4.78 is 4.75. The summed E-state index contributed by atoms with van der Waals surface area (Å²) in [5.74, 6) is 0. The predicted molar refractivity (Wildman–Crippen MR) is 383 cm³/mol. The van der Waals surface area contributed by atoms with Gasteiger partial charge in [0.25, 0.3) is 0 Å². The van der Waals surface area contributed by atoms with Gasteiger partial charge in [-0.25, -0.2) is 0 Å². The minimum absolute atomic E-state index is 1.17. The van der Waals surface area contributed by atoms with Gasteiger partial charge in [-0.05, 0) is 197 Å². The van der Waals surface area contributed by atoms with E-state index in [9.17, 15) is 0 Å². The highest BCUT2D eigenvalue weighted by Crippen LogP contribution is 2.47. The zero-order chi connectivity index (χ0) is 59.8. The van der Waals surface area contributed by atoms with Crippen molar-refractivity contribution in [1.29, 1.82) is 0 Å². The minimum atomic E-state index is 1.17. The Bertz CT molecular complexity index is 5260. The largest absolute Gasteiger partial charge is 0.309 e. The Balaban J connectivity index is 0.746. The lowest BCUT2D eigenvalue weighted by Crippen LogP contribution is -1.93. The van der Waals surface area contributed by atoms with Gasteiger partial charge in [-0.15, -0.1) is 0 Å². The fourth-order valence-corrected chi connectivity index (χ4v) is 14.2. The first kappa shape index (κ1) is 52.7. The van der Waals surface area contributed by atoms with Crippen LogP contribution < -0.4 is 0 Å². The molecule has 2 nitrogen and oxygen atoms in total. The van der Waals surface area contributed by atoms with E-state index in [1.807, 2.05) is 0 Å². The fraction of sp³-hybridized carbons (Fsp3) is 0.0227. The lowest BCUT2D eigenvalue weighted by molar-refractivity contribution is 1.18. The van der Waals surface area contributed by atoms with Gasteiger partial charge >= 0.3 is 0 Å². The topological polar surface area (TPSA) is 9.86 Å². The molecule has 0 fully saturated rings. The molecule has 422 valence electrons. The number of aromatic nitrogens is 2. The molecule has 0 spiro atoms. The number of fused-ring (bicyclic) bond motifs is 8. The summed E-state index contributed by atoms with van der Waals surface area (Å²) in [5, 5.41) is 9.91. The van der Waals surface area contributed by atoms with Crippen LogP contribution in [0.2, 0.25) is 0 Å². The van der Waals surface area contributed by atoms with Crippen LogP contribution in [0.1, 0.15) is 11.1 Å². The summed E-state index contributed by atoms with van der Waals surface area (Å²) in [5.41, 5.74) is 28.8. The summed E-state index contributed by atoms with van der Waals surface area (Å²) in [4.78, 5) is 0. The van der Waals surface area contributed by atoms with Crippen molar-refractivity contribution in [3.05, 3.63) is 339 Å². The Morgan fingerprint density at radius 3 is 0.822 bits per heavy atom. The zero-order valence-electron chi connectivity index (χ0n) is 50.1. The smallest absolute Gasteiger partial charge is 0.0541 e. The van der Waals surface area contributed by atoms with Gasteiger partial charge in [-0.1, -0.05) is 266 Å². The molecule has 0 bridgehead atoms. The standard InChI is InChI=1S/C88H60N2/c1-57-15-13-17-67(51-57)71-43-47-77-81(55-71)87(65-39-35-61(36-40-65)59-27-31-63(32-28-59)69-45-49-85-79(53-69)75-23-9-11-25-83(75)89(85)73-19-5-3-6-20-73)78-48-44-72(68-18-14-16-58(2)52-68)56-82(78)88(77)66-41-37-62(38-42-66)60-29-33-64(34-30-60)70-46-50-86-80(54-70)76-24-10-12-26-84(76)90(86)74-21-7-4-8-22-74/h3-56H,1-2H3. The van der Waals surface area contributed by atoms with E-state index in [4.69, 9.17) is 0 Å². The Hall–Kier alpha value is -11.6. The number of rotatable bonds is 10. The van der Waals surface area contributed by atoms with Gasteiger partial charge in [0.15, 0.2) is 0 Å². The summed E-state index contributed by atoms with van der Waals surface area (Å²) in [6.07, 6.45) is 0. The van der Waals surface area contributed by atoms with Crippen molar-refractivity contribution in [3.63, 3.8) is 0 Å². The van der Waals surface area contributed by atoms with Crippen molar-refractivity contribution >= 4 is 65.2 Å². The number of aryl methyl sites for hydroxylation is 2. The molecule has 15 aromatic carbocycles. The summed E-state index contributed by atoms with van der Waals surface area (Å²) >= 11 is 0. The number of benzene rings is 15. The minimum Gasteiger partial charge on any atom is -0.309 e. The Morgan fingerprint density at radius 1 is 0.167 bits per heavy atom. The van der Waals surface area contributed by atoms with Gasteiger partial charge in [0, 0.05) is 32.9 Å². The van der Waals surface area contributed by atoms with E-state index >= 15 is 0 Å². The SMILES string of the molecule is Cc1cccc(-c2ccc3c(-c4ccc(-c5ccc(-c6ccc7c(c6)c6ccccc6n7-c6ccccc6)cc5)cc4)c4cc(-c5cccc(C)c5)ccc4c(-c4ccc(-c5ccc(-c6ccc7c(c6)c6ccccc6n7-c6ccccc6)cc5)cc4)c3c2)c1. The average molecular weight is 1150 g/mol. The van der Waals surface area contributed by atoms with Crippen molar-refractivity contribution in [1.82, 2.24) is 9.13 Å². The molecule has 90 heavy (non-hydrogen) atoms. The quantitative estimate of drug-likeness (QED) is 0.121. The van der Waals surface area contributed by atoms with Gasteiger partial charge < -0.3 is 9.13 Å². The highest BCUT2D eigenvalue weighted by atomic mass is 15.0. The van der Waals surface area contributed by atoms with Gasteiger partial charge in [0.1, 0.15) is 0 Å². The Kier molecular flexibility index (Phi) is 12.7. The molecule has 0 atom stereocenters. The molecule has 0 aliphatic carbocycles.